The number of benzene rings is 2. The van der Waals surface area contributed by atoms with Gasteiger partial charge in [-0.2, -0.15) is 0 Å². The molecule has 0 unspecified atom stereocenters. The summed E-state index contributed by atoms with van der Waals surface area (Å²) in [6.07, 6.45) is -1.88. The van der Waals surface area contributed by atoms with Crippen LogP contribution in [0, 0.1) is 0 Å². The molecule has 0 bridgehead atoms. The van der Waals surface area contributed by atoms with Crippen LogP contribution < -0.4 is 5.32 Å². The topological polar surface area (TPSA) is 78.8 Å². The van der Waals surface area contributed by atoms with Crippen molar-refractivity contribution in [1.82, 2.24) is 5.32 Å². The number of aliphatic hydroxyl groups is 2. The van der Waals surface area contributed by atoms with Crippen LogP contribution in [-0.2, 0) is 11.3 Å². The summed E-state index contributed by atoms with van der Waals surface area (Å²) in [5, 5.41) is 22.7. The van der Waals surface area contributed by atoms with Crippen molar-refractivity contribution in [3.63, 3.8) is 0 Å². The van der Waals surface area contributed by atoms with Crippen LogP contribution in [0.4, 0.5) is 4.79 Å². The van der Waals surface area contributed by atoms with Crippen LogP contribution >= 0.6 is 0 Å². The number of carbonyl (C=O) groups excluding carboxylic acids is 1. The molecular formula is C19H21NO4. The van der Waals surface area contributed by atoms with Gasteiger partial charge in [-0.25, -0.2) is 4.79 Å². The van der Waals surface area contributed by atoms with E-state index in [1.807, 2.05) is 36.4 Å². The summed E-state index contributed by atoms with van der Waals surface area (Å²) in [6, 6.07) is 17.4. The Hall–Kier alpha value is -2.63. The third-order valence-corrected chi connectivity index (χ3v) is 3.58. The summed E-state index contributed by atoms with van der Waals surface area (Å²) in [5.74, 6) is 0. The lowest BCUT2D eigenvalue weighted by molar-refractivity contribution is 0.0200. The zero-order valence-electron chi connectivity index (χ0n) is 13.2. The highest BCUT2D eigenvalue weighted by atomic mass is 16.5. The minimum atomic E-state index is -1.24. The standard InChI is InChI=1S/C19H21NO4/c1-2-16(21)18(22)17(15-11-7-4-8-12-15)20-19(23)24-13-14-9-5-3-6-10-14/h2-12,16-18,21-22H,1,13H2,(H,20,23)/t16-,17-,18+/m1/s1. The first kappa shape index (κ1) is 17.7. The smallest absolute Gasteiger partial charge is 0.408 e. The Morgan fingerprint density at radius 1 is 1.08 bits per heavy atom. The lowest BCUT2D eigenvalue weighted by atomic mass is 9.98. The fourth-order valence-corrected chi connectivity index (χ4v) is 2.25. The summed E-state index contributed by atoms with van der Waals surface area (Å²) in [4.78, 5) is 12.1. The summed E-state index contributed by atoms with van der Waals surface area (Å²) in [7, 11) is 0. The molecule has 2 aromatic carbocycles. The molecule has 2 rings (SSSR count). The van der Waals surface area contributed by atoms with E-state index < -0.39 is 24.3 Å². The lowest BCUT2D eigenvalue weighted by Crippen LogP contribution is -2.41. The van der Waals surface area contributed by atoms with Crippen LogP contribution in [0.5, 0.6) is 0 Å². The van der Waals surface area contributed by atoms with Crippen molar-refractivity contribution >= 4 is 6.09 Å². The molecule has 24 heavy (non-hydrogen) atoms. The molecule has 0 aliphatic carbocycles. The van der Waals surface area contributed by atoms with Gasteiger partial charge in [0.1, 0.15) is 18.8 Å². The predicted molar refractivity (Wildman–Crippen MR) is 91.2 cm³/mol. The van der Waals surface area contributed by atoms with Crippen LogP contribution in [0.15, 0.2) is 73.3 Å². The molecule has 0 saturated heterocycles. The molecule has 0 heterocycles. The largest absolute Gasteiger partial charge is 0.445 e. The maximum Gasteiger partial charge on any atom is 0.408 e. The predicted octanol–water partition coefficient (Wildman–Crippen LogP) is 2.56. The van der Waals surface area contributed by atoms with Crippen LogP contribution in [0.1, 0.15) is 17.2 Å². The quantitative estimate of drug-likeness (QED) is 0.683. The van der Waals surface area contributed by atoms with Crippen LogP contribution in [0.25, 0.3) is 0 Å². The Balaban J connectivity index is 2.04. The van der Waals surface area contributed by atoms with Crippen molar-refractivity contribution in [3.05, 3.63) is 84.4 Å². The number of ether oxygens (including phenoxy) is 1. The molecular weight excluding hydrogens is 306 g/mol. The van der Waals surface area contributed by atoms with Crippen molar-refractivity contribution in [3.8, 4) is 0 Å². The van der Waals surface area contributed by atoms with Gasteiger partial charge in [0.15, 0.2) is 0 Å². The Kier molecular flexibility index (Phi) is 6.54. The fraction of sp³-hybridized carbons (Fsp3) is 0.211. The maximum atomic E-state index is 12.1. The molecule has 0 spiro atoms. The molecule has 0 aliphatic rings. The molecule has 3 N–H and O–H groups in total. The first-order valence-electron chi connectivity index (χ1n) is 7.62. The average molecular weight is 327 g/mol. The molecule has 0 radical (unpaired) electrons. The molecule has 5 heteroatoms. The molecule has 3 atom stereocenters. The molecule has 0 aromatic heterocycles. The fourth-order valence-electron chi connectivity index (χ4n) is 2.25. The van der Waals surface area contributed by atoms with Gasteiger partial charge in [-0.1, -0.05) is 66.7 Å². The van der Waals surface area contributed by atoms with Gasteiger partial charge < -0.3 is 20.3 Å². The number of carbonyl (C=O) groups is 1. The van der Waals surface area contributed by atoms with E-state index in [4.69, 9.17) is 4.74 Å². The first-order valence-corrected chi connectivity index (χ1v) is 7.62. The number of aliphatic hydroxyl groups excluding tert-OH is 2. The van der Waals surface area contributed by atoms with Gasteiger partial charge in [-0.05, 0) is 11.1 Å². The number of amides is 1. The van der Waals surface area contributed by atoms with E-state index in [9.17, 15) is 15.0 Å². The van der Waals surface area contributed by atoms with Crippen LogP contribution in [0.2, 0.25) is 0 Å². The van der Waals surface area contributed by atoms with E-state index in [1.165, 1.54) is 6.08 Å². The number of nitrogens with one attached hydrogen (secondary N) is 1. The van der Waals surface area contributed by atoms with Gasteiger partial charge >= 0.3 is 6.09 Å². The molecule has 0 fully saturated rings. The van der Waals surface area contributed by atoms with Gasteiger partial charge in [0.05, 0.1) is 6.04 Å². The Morgan fingerprint density at radius 2 is 1.67 bits per heavy atom. The highest BCUT2D eigenvalue weighted by Gasteiger charge is 2.28. The second kappa shape index (κ2) is 8.86. The minimum Gasteiger partial charge on any atom is -0.445 e. The third kappa shape index (κ3) is 4.94. The molecule has 5 nitrogen and oxygen atoms in total. The van der Waals surface area contributed by atoms with Crippen molar-refractivity contribution in [2.45, 2.75) is 24.9 Å². The third-order valence-electron chi connectivity index (χ3n) is 3.58. The van der Waals surface area contributed by atoms with Gasteiger partial charge in [0.2, 0.25) is 0 Å². The second-order valence-electron chi connectivity index (χ2n) is 5.31. The second-order valence-corrected chi connectivity index (χ2v) is 5.31. The highest BCUT2D eigenvalue weighted by molar-refractivity contribution is 5.68. The van der Waals surface area contributed by atoms with E-state index in [1.54, 1.807) is 24.3 Å². The summed E-state index contributed by atoms with van der Waals surface area (Å²) >= 11 is 0. The lowest BCUT2D eigenvalue weighted by Gasteiger charge is -2.26. The van der Waals surface area contributed by atoms with E-state index in [2.05, 4.69) is 11.9 Å². The van der Waals surface area contributed by atoms with Crippen molar-refractivity contribution in [1.29, 1.82) is 0 Å². The summed E-state index contributed by atoms with van der Waals surface area (Å²) in [5.41, 5.74) is 1.51. The summed E-state index contributed by atoms with van der Waals surface area (Å²) < 4.78 is 5.17. The Labute approximate surface area is 141 Å². The van der Waals surface area contributed by atoms with Gasteiger partial charge in [0, 0.05) is 0 Å². The van der Waals surface area contributed by atoms with Crippen molar-refractivity contribution in [2.24, 2.45) is 0 Å². The zero-order valence-corrected chi connectivity index (χ0v) is 13.2. The Morgan fingerprint density at radius 3 is 2.25 bits per heavy atom. The molecule has 0 aliphatic heterocycles. The molecule has 2 aromatic rings. The summed E-state index contributed by atoms with van der Waals surface area (Å²) in [6.45, 7) is 3.58. The van der Waals surface area contributed by atoms with Crippen LogP contribution in [0.3, 0.4) is 0 Å². The van der Waals surface area contributed by atoms with E-state index in [-0.39, 0.29) is 6.61 Å². The normalized spacial score (nSPS) is 14.2. The first-order chi connectivity index (χ1) is 11.6. The highest BCUT2D eigenvalue weighted by Crippen LogP contribution is 2.20. The van der Waals surface area contributed by atoms with Gasteiger partial charge in [0.25, 0.3) is 0 Å². The van der Waals surface area contributed by atoms with E-state index in [0.717, 1.165) is 5.56 Å². The number of hydrogen-bond donors (Lipinski definition) is 3. The zero-order chi connectivity index (χ0) is 17.4. The number of rotatable bonds is 7. The van der Waals surface area contributed by atoms with Gasteiger partial charge in [-0.15, -0.1) is 6.58 Å². The molecule has 0 saturated carbocycles. The van der Waals surface area contributed by atoms with Crippen molar-refractivity contribution < 1.29 is 19.7 Å². The molecule has 126 valence electrons. The van der Waals surface area contributed by atoms with E-state index in [0.29, 0.717) is 5.56 Å². The Bertz CT molecular complexity index is 645. The van der Waals surface area contributed by atoms with Gasteiger partial charge in [-0.3, -0.25) is 0 Å². The van der Waals surface area contributed by atoms with Crippen LogP contribution in [-0.4, -0.2) is 28.5 Å². The average Bonchev–Trinajstić information content (AvgIpc) is 2.64. The van der Waals surface area contributed by atoms with Crippen molar-refractivity contribution in [2.75, 3.05) is 0 Å². The van der Waals surface area contributed by atoms with E-state index >= 15 is 0 Å². The SMILES string of the molecule is C=C[C@@H](O)[C@H](O)[C@H](NC(=O)OCc1ccccc1)c1ccccc1. The number of alkyl carbamates (subject to hydrolysis) is 1. The molecule has 1 amide bonds. The maximum absolute atomic E-state index is 12.1. The monoisotopic (exact) mass is 327 g/mol. The number of hydrogen-bond acceptors (Lipinski definition) is 4. The minimum absolute atomic E-state index is 0.119.